The molecule has 2 N–H and O–H groups in total. The average Bonchev–Trinajstić information content (AvgIpc) is 2.90. The largest absolute Gasteiger partial charge is 0.384 e. The molecule has 1 amide bonds. The van der Waals surface area contributed by atoms with Gasteiger partial charge in [0.05, 0.1) is 5.56 Å². The van der Waals surface area contributed by atoms with E-state index in [-0.39, 0.29) is 18.2 Å². The summed E-state index contributed by atoms with van der Waals surface area (Å²) in [6, 6.07) is 4.24. The molecule has 100 valence electrons. The van der Waals surface area contributed by atoms with Crippen molar-refractivity contribution in [1.82, 2.24) is 5.32 Å². The van der Waals surface area contributed by atoms with E-state index in [9.17, 15) is 9.18 Å². The summed E-state index contributed by atoms with van der Waals surface area (Å²) < 4.78 is 13.7. The van der Waals surface area contributed by atoms with Crippen LogP contribution in [-0.4, -0.2) is 35.2 Å². The van der Waals surface area contributed by atoms with Crippen LogP contribution in [0.4, 0.5) is 4.39 Å². The lowest BCUT2D eigenvalue weighted by Gasteiger charge is -2.11. The number of halogens is 1. The predicted octanol–water partition coefficient (Wildman–Crippen LogP) is 1.40. The fourth-order valence-electron chi connectivity index (χ4n) is 1.83. The Morgan fingerprint density at radius 1 is 1.58 bits per heavy atom. The van der Waals surface area contributed by atoms with Gasteiger partial charge < -0.3 is 10.4 Å². The first-order valence-corrected chi connectivity index (χ1v) is 7.14. The van der Waals surface area contributed by atoms with Crippen LogP contribution in [0.25, 0.3) is 0 Å². The minimum absolute atomic E-state index is 0.00152. The first-order chi connectivity index (χ1) is 9.20. The molecule has 1 fully saturated rings. The molecule has 1 atom stereocenters. The van der Waals surface area contributed by atoms with E-state index in [4.69, 9.17) is 5.11 Å². The molecular weight excluding hydrogens is 265 g/mol. The number of benzene rings is 1. The molecule has 1 aliphatic rings. The molecule has 1 aliphatic heterocycles. The van der Waals surface area contributed by atoms with Crippen LogP contribution in [-0.2, 0) is 0 Å². The molecule has 5 heteroatoms. The summed E-state index contributed by atoms with van der Waals surface area (Å²) in [6.45, 7) is -0.266. The van der Waals surface area contributed by atoms with Crippen molar-refractivity contribution in [1.29, 1.82) is 0 Å². The molecule has 0 aromatic heterocycles. The van der Waals surface area contributed by atoms with Crippen LogP contribution in [0.5, 0.6) is 0 Å². The maximum absolute atomic E-state index is 13.7. The molecular formula is C14H14FNO2S. The van der Waals surface area contributed by atoms with Gasteiger partial charge in [-0.05, 0) is 30.4 Å². The number of amides is 1. The minimum atomic E-state index is -0.558. The number of rotatable bonds is 2. The van der Waals surface area contributed by atoms with Crippen LogP contribution in [0.2, 0.25) is 0 Å². The number of hydrogen-bond acceptors (Lipinski definition) is 3. The zero-order chi connectivity index (χ0) is 13.7. The summed E-state index contributed by atoms with van der Waals surface area (Å²) in [4.78, 5) is 12.0. The van der Waals surface area contributed by atoms with Crippen molar-refractivity contribution in [3.63, 3.8) is 0 Å². The summed E-state index contributed by atoms with van der Waals surface area (Å²) in [5.41, 5.74) is 0.517. The molecule has 1 saturated heterocycles. The highest BCUT2D eigenvalue weighted by molar-refractivity contribution is 7.99. The Labute approximate surface area is 115 Å². The van der Waals surface area contributed by atoms with E-state index in [0.717, 1.165) is 17.9 Å². The molecule has 1 unspecified atom stereocenters. The fraction of sp³-hybridized carbons (Fsp3) is 0.357. The molecule has 19 heavy (non-hydrogen) atoms. The van der Waals surface area contributed by atoms with E-state index in [0.29, 0.717) is 5.56 Å². The molecule has 0 aliphatic carbocycles. The Morgan fingerprint density at radius 2 is 2.42 bits per heavy atom. The third kappa shape index (κ3) is 3.72. The van der Waals surface area contributed by atoms with Crippen LogP contribution in [0.3, 0.4) is 0 Å². The predicted molar refractivity (Wildman–Crippen MR) is 73.6 cm³/mol. The van der Waals surface area contributed by atoms with Crippen LogP contribution < -0.4 is 5.32 Å². The molecule has 0 saturated carbocycles. The monoisotopic (exact) mass is 279 g/mol. The number of nitrogens with one attached hydrogen (secondary N) is 1. The van der Waals surface area contributed by atoms with Gasteiger partial charge in [-0.25, -0.2) is 4.39 Å². The lowest BCUT2D eigenvalue weighted by molar-refractivity contribution is 0.0937. The van der Waals surface area contributed by atoms with Crippen molar-refractivity contribution >= 4 is 17.7 Å². The van der Waals surface area contributed by atoms with Crippen LogP contribution >= 0.6 is 11.8 Å². The van der Waals surface area contributed by atoms with Crippen LogP contribution in [0.15, 0.2) is 18.2 Å². The smallest absolute Gasteiger partial charge is 0.254 e. The van der Waals surface area contributed by atoms with Gasteiger partial charge in [-0.15, -0.1) is 0 Å². The molecule has 1 aromatic carbocycles. The van der Waals surface area contributed by atoms with Crippen molar-refractivity contribution < 1.29 is 14.3 Å². The lowest BCUT2D eigenvalue weighted by Crippen LogP contribution is -2.35. The number of aliphatic hydroxyl groups is 1. The Balaban J connectivity index is 2.15. The second-order valence-electron chi connectivity index (χ2n) is 4.19. The van der Waals surface area contributed by atoms with E-state index in [1.807, 2.05) is 0 Å². The average molecular weight is 279 g/mol. The summed E-state index contributed by atoms with van der Waals surface area (Å²) in [6.07, 6.45) is 0.919. The van der Waals surface area contributed by atoms with Crippen molar-refractivity contribution in [2.75, 3.05) is 18.1 Å². The third-order valence-electron chi connectivity index (χ3n) is 2.79. The second-order valence-corrected chi connectivity index (χ2v) is 5.34. The molecule has 0 bridgehead atoms. The van der Waals surface area contributed by atoms with Gasteiger partial charge in [0.15, 0.2) is 0 Å². The van der Waals surface area contributed by atoms with Crippen molar-refractivity contribution in [3.05, 3.63) is 35.1 Å². The maximum Gasteiger partial charge on any atom is 0.254 e. The molecule has 1 heterocycles. The number of carbonyl (C=O) groups excluding carboxylic acids is 1. The van der Waals surface area contributed by atoms with Gasteiger partial charge in [-0.2, -0.15) is 11.8 Å². The first-order valence-electron chi connectivity index (χ1n) is 5.98. The number of thioether (sulfide) groups is 1. The van der Waals surface area contributed by atoms with E-state index in [1.165, 1.54) is 18.2 Å². The third-order valence-corrected chi connectivity index (χ3v) is 3.95. The molecule has 0 radical (unpaired) electrons. The maximum atomic E-state index is 13.7. The Bertz CT molecular complexity index is 530. The van der Waals surface area contributed by atoms with Gasteiger partial charge in [0, 0.05) is 17.4 Å². The van der Waals surface area contributed by atoms with Crippen molar-refractivity contribution in [3.8, 4) is 11.8 Å². The van der Waals surface area contributed by atoms with Crippen molar-refractivity contribution in [2.45, 2.75) is 12.5 Å². The Kier molecular flexibility index (Phi) is 4.83. The van der Waals surface area contributed by atoms with Crippen LogP contribution in [0, 0.1) is 17.7 Å². The lowest BCUT2D eigenvalue weighted by atomic mass is 10.1. The van der Waals surface area contributed by atoms with Gasteiger partial charge in [0.2, 0.25) is 0 Å². The normalized spacial score (nSPS) is 17.7. The number of aliphatic hydroxyl groups excluding tert-OH is 1. The highest BCUT2D eigenvalue weighted by atomic mass is 32.2. The van der Waals surface area contributed by atoms with E-state index in [1.54, 1.807) is 11.8 Å². The quantitative estimate of drug-likeness (QED) is 0.805. The molecule has 3 nitrogen and oxygen atoms in total. The molecule has 2 rings (SSSR count). The highest BCUT2D eigenvalue weighted by Crippen LogP contribution is 2.18. The standard InChI is InChI=1S/C14H14FNO2S/c15-13-4-3-10(2-1-6-17)8-12(13)14(18)16-11-5-7-19-9-11/h3-4,8,11,17H,5-7,9H2,(H,16,18). The molecule has 1 aromatic rings. The number of carbonyl (C=O) groups is 1. The van der Waals surface area contributed by atoms with Crippen molar-refractivity contribution in [2.24, 2.45) is 0 Å². The van der Waals surface area contributed by atoms with Gasteiger partial charge >= 0.3 is 0 Å². The topological polar surface area (TPSA) is 49.3 Å². The Hall–Kier alpha value is -1.51. The van der Waals surface area contributed by atoms with Gasteiger partial charge in [-0.1, -0.05) is 11.8 Å². The summed E-state index contributed by atoms with van der Waals surface area (Å²) in [5.74, 6) is 6.06. The zero-order valence-corrected chi connectivity index (χ0v) is 11.1. The van der Waals surface area contributed by atoms with E-state index >= 15 is 0 Å². The SMILES string of the molecule is O=C(NC1CCSC1)c1cc(C#CCO)ccc1F. The van der Waals surface area contributed by atoms with Crippen LogP contribution in [0.1, 0.15) is 22.3 Å². The number of hydrogen-bond donors (Lipinski definition) is 2. The second kappa shape index (κ2) is 6.60. The zero-order valence-electron chi connectivity index (χ0n) is 10.3. The molecule has 0 spiro atoms. The summed E-state index contributed by atoms with van der Waals surface area (Å²) in [7, 11) is 0. The van der Waals surface area contributed by atoms with E-state index in [2.05, 4.69) is 17.2 Å². The van der Waals surface area contributed by atoms with E-state index < -0.39 is 11.7 Å². The van der Waals surface area contributed by atoms with Gasteiger partial charge in [-0.3, -0.25) is 4.79 Å². The highest BCUT2D eigenvalue weighted by Gasteiger charge is 2.20. The first kappa shape index (κ1) is 13.9. The minimum Gasteiger partial charge on any atom is -0.384 e. The summed E-state index contributed by atoms with van der Waals surface area (Å²) >= 11 is 1.78. The van der Waals surface area contributed by atoms with Gasteiger partial charge in [0.25, 0.3) is 5.91 Å². The van der Waals surface area contributed by atoms with Gasteiger partial charge in [0.1, 0.15) is 12.4 Å². The Morgan fingerprint density at radius 3 is 3.11 bits per heavy atom. The summed E-state index contributed by atoms with van der Waals surface area (Å²) in [5, 5.41) is 11.4. The fourth-order valence-corrected chi connectivity index (χ4v) is 2.98.